The van der Waals surface area contributed by atoms with Crippen molar-refractivity contribution < 1.29 is 9.90 Å². The molecule has 0 saturated carbocycles. The Hall–Kier alpha value is -1.77. The van der Waals surface area contributed by atoms with E-state index < -0.39 is 0 Å². The van der Waals surface area contributed by atoms with E-state index in [1.165, 1.54) is 11.3 Å². The molecule has 8 heteroatoms. The lowest BCUT2D eigenvalue weighted by Crippen LogP contribution is -2.39. The van der Waals surface area contributed by atoms with Crippen molar-refractivity contribution in [3.05, 3.63) is 34.0 Å². The first-order chi connectivity index (χ1) is 11.1. The average Bonchev–Trinajstić information content (AvgIpc) is 3.25. The monoisotopic (exact) mass is 333 g/mol. The van der Waals surface area contributed by atoms with Gasteiger partial charge in [0.1, 0.15) is 0 Å². The van der Waals surface area contributed by atoms with Crippen LogP contribution in [0.3, 0.4) is 0 Å². The molecule has 4 heterocycles. The normalized spacial score (nSPS) is 24.9. The second-order valence-corrected chi connectivity index (χ2v) is 6.99. The van der Waals surface area contributed by atoms with Crippen molar-refractivity contribution in [2.75, 3.05) is 20.1 Å². The third-order valence-electron chi connectivity index (χ3n) is 4.66. The van der Waals surface area contributed by atoms with Crippen LogP contribution in [0.5, 0.6) is 0 Å². The molecule has 0 aromatic carbocycles. The van der Waals surface area contributed by atoms with E-state index in [4.69, 9.17) is 0 Å². The maximum Gasteiger partial charge on any atom is 0.255 e. The molecule has 4 rings (SSSR count). The third kappa shape index (κ3) is 2.56. The highest BCUT2D eigenvalue weighted by molar-refractivity contribution is 7.08. The lowest BCUT2D eigenvalue weighted by molar-refractivity contribution is 0.0705. The molecule has 0 unspecified atom stereocenters. The van der Waals surface area contributed by atoms with Crippen LogP contribution in [0.25, 0.3) is 0 Å². The summed E-state index contributed by atoms with van der Waals surface area (Å²) < 4.78 is 2.11. The largest absolute Gasteiger partial charge is 0.392 e. The van der Waals surface area contributed by atoms with Gasteiger partial charge in [0, 0.05) is 25.0 Å². The first-order valence-electron chi connectivity index (χ1n) is 7.75. The molecule has 2 aliphatic heterocycles. The van der Waals surface area contributed by atoms with E-state index in [1.54, 1.807) is 0 Å². The Morgan fingerprint density at radius 3 is 2.96 bits per heavy atom. The van der Waals surface area contributed by atoms with Crippen LogP contribution < -0.4 is 0 Å². The fourth-order valence-corrected chi connectivity index (χ4v) is 4.07. The van der Waals surface area contributed by atoms with Gasteiger partial charge in [0.05, 0.1) is 24.3 Å². The molecule has 0 spiro atoms. The minimum atomic E-state index is -0.307. The number of thiophene rings is 1. The first kappa shape index (κ1) is 14.8. The van der Waals surface area contributed by atoms with Crippen LogP contribution in [0, 0.1) is 0 Å². The number of amides is 1. The van der Waals surface area contributed by atoms with E-state index in [2.05, 4.69) is 19.7 Å². The van der Waals surface area contributed by atoms with Gasteiger partial charge >= 0.3 is 0 Å². The Balaban J connectivity index is 1.55. The van der Waals surface area contributed by atoms with Gasteiger partial charge in [0.15, 0.2) is 11.6 Å². The van der Waals surface area contributed by atoms with Crippen molar-refractivity contribution in [1.82, 2.24) is 24.6 Å². The predicted molar refractivity (Wildman–Crippen MR) is 85.1 cm³/mol. The molecule has 0 aliphatic carbocycles. The number of nitrogens with zero attached hydrogens (tertiary/aromatic N) is 5. The number of carbonyl (C=O) groups excluding carboxylic acids is 1. The van der Waals surface area contributed by atoms with Crippen molar-refractivity contribution in [2.45, 2.75) is 31.7 Å². The molecule has 23 heavy (non-hydrogen) atoms. The SMILES string of the molecule is CN1C[C@H](O)C[C@H]1c1nnc2n1CCN(C(=O)c1ccsc1)C2. The number of aliphatic hydroxyl groups excluding tert-OH is 1. The molecule has 1 fully saturated rings. The van der Waals surface area contributed by atoms with Gasteiger partial charge in [-0.25, -0.2) is 0 Å². The predicted octanol–water partition coefficient (Wildman–Crippen LogP) is 0.733. The lowest BCUT2D eigenvalue weighted by Gasteiger charge is -2.29. The van der Waals surface area contributed by atoms with Crippen LogP contribution in [0.1, 0.15) is 34.5 Å². The van der Waals surface area contributed by atoms with E-state index in [0.717, 1.165) is 17.2 Å². The Morgan fingerprint density at radius 2 is 2.26 bits per heavy atom. The zero-order chi connectivity index (χ0) is 16.0. The number of aromatic nitrogens is 3. The van der Waals surface area contributed by atoms with E-state index >= 15 is 0 Å². The molecule has 1 N–H and O–H groups in total. The molecule has 7 nitrogen and oxygen atoms in total. The Bertz CT molecular complexity index is 714. The molecule has 0 radical (unpaired) electrons. The molecule has 2 atom stereocenters. The zero-order valence-corrected chi connectivity index (χ0v) is 13.7. The van der Waals surface area contributed by atoms with Gasteiger partial charge in [-0.2, -0.15) is 11.3 Å². The number of hydrogen-bond acceptors (Lipinski definition) is 6. The summed E-state index contributed by atoms with van der Waals surface area (Å²) in [6.45, 7) is 2.51. The maximum atomic E-state index is 12.5. The van der Waals surface area contributed by atoms with Gasteiger partial charge in [0.2, 0.25) is 0 Å². The molecule has 0 bridgehead atoms. The van der Waals surface area contributed by atoms with Crippen LogP contribution >= 0.6 is 11.3 Å². The number of rotatable bonds is 2. The fraction of sp³-hybridized carbons (Fsp3) is 0.533. The Labute approximate surface area is 138 Å². The minimum Gasteiger partial charge on any atom is -0.392 e. The number of β-amino-alcohol motifs (C(OH)–C–C–N with tert-alkyl or cyclic N) is 1. The number of hydrogen-bond donors (Lipinski definition) is 1. The summed E-state index contributed by atoms with van der Waals surface area (Å²) in [4.78, 5) is 16.4. The standard InChI is InChI=1S/C15H19N5O2S/c1-18-7-11(21)6-12(18)14-17-16-13-8-19(3-4-20(13)14)15(22)10-2-5-23-9-10/h2,5,9,11-12,21H,3-4,6-8H2,1H3/t11-,12+/m1/s1. The van der Waals surface area contributed by atoms with E-state index in [0.29, 0.717) is 32.6 Å². The third-order valence-corrected chi connectivity index (χ3v) is 5.34. The second-order valence-electron chi connectivity index (χ2n) is 6.21. The zero-order valence-electron chi connectivity index (χ0n) is 12.9. The van der Waals surface area contributed by atoms with E-state index in [9.17, 15) is 9.90 Å². The smallest absolute Gasteiger partial charge is 0.255 e. The van der Waals surface area contributed by atoms with Crippen LogP contribution in [0.2, 0.25) is 0 Å². The molecule has 2 aromatic heterocycles. The van der Waals surface area contributed by atoms with Gasteiger partial charge in [-0.3, -0.25) is 9.69 Å². The summed E-state index contributed by atoms with van der Waals surface area (Å²) >= 11 is 1.53. The van der Waals surface area contributed by atoms with E-state index in [-0.39, 0.29) is 18.1 Å². The minimum absolute atomic E-state index is 0.0513. The lowest BCUT2D eigenvalue weighted by atomic mass is 10.2. The molecule has 122 valence electrons. The van der Waals surface area contributed by atoms with Gasteiger partial charge < -0.3 is 14.6 Å². The number of aliphatic hydroxyl groups is 1. The number of carbonyl (C=O) groups is 1. The summed E-state index contributed by atoms with van der Waals surface area (Å²) in [7, 11) is 2.00. The molecule has 1 amide bonds. The van der Waals surface area contributed by atoms with Gasteiger partial charge in [-0.15, -0.1) is 10.2 Å². The van der Waals surface area contributed by atoms with Crippen LogP contribution in [0.4, 0.5) is 0 Å². The average molecular weight is 333 g/mol. The van der Waals surface area contributed by atoms with Gasteiger partial charge in [-0.1, -0.05) is 0 Å². The Morgan fingerprint density at radius 1 is 1.39 bits per heavy atom. The topological polar surface area (TPSA) is 74.5 Å². The first-order valence-corrected chi connectivity index (χ1v) is 8.69. The van der Waals surface area contributed by atoms with Crippen LogP contribution in [0.15, 0.2) is 16.8 Å². The van der Waals surface area contributed by atoms with Gasteiger partial charge in [-0.05, 0) is 24.9 Å². The molecular formula is C15H19N5O2S. The van der Waals surface area contributed by atoms with Crippen molar-refractivity contribution in [3.8, 4) is 0 Å². The summed E-state index contributed by atoms with van der Waals surface area (Å²) in [6.07, 6.45) is 0.379. The number of likely N-dealkylation sites (N-methyl/N-ethyl adjacent to an activating group) is 1. The van der Waals surface area contributed by atoms with Crippen molar-refractivity contribution >= 4 is 17.2 Å². The molecule has 1 saturated heterocycles. The van der Waals surface area contributed by atoms with Crippen molar-refractivity contribution in [3.63, 3.8) is 0 Å². The highest BCUT2D eigenvalue weighted by Gasteiger charge is 2.35. The summed E-state index contributed by atoms with van der Waals surface area (Å²) in [6, 6.07) is 1.96. The summed E-state index contributed by atoms with van der Waals surface area (Å²) in [5.74, 6) is 1.78. The van der Waals surface area contributed by atoms with Crippen LogP contribution in [-0.4, -0.2) is 61.8 Å². The van der Waals surface area contributed by atoms with Crippen molar-refractivity contribution in [1.29, 1.82) is 0 Å². The fourth-order valence-electron chi connectivity index (χ4n) is 3.44. The number of fused-ring (bicyclic) bond motifs is 1. The summed E-state index contributed by atoms with van der Waals surface area (Å²) in [5, 5.41) is 22.3. The molecular weight excluding hydrogens is 314 g/mol. The summed E-state index contributed by atoms with van der Waals surface area (Å²) in [5.41, 5.74) is 0.738. The van der Waals surface area contributed by atoms with Crippen molar-refractivity contribution in [2.24, 2.45) is 0 Å². The molecule has 2 aliphatic rings. The maximum absolute atomic E-state index is 12.5. The van der Waals surface area contributed by atoms with Crippen LogP contribution in [-0.2, 0) is 13.1 Å². The molecule has 2 aromatic rings. The highest BCUT2D eigenvalue weighted by Crippen LogP contribution is 2.31. The second kappa shape index (κ2) is 5.70. The van der Waals surface area contributed by atoms with Gasteiger partial charge in [0.25, 0.3) is 5.91 Å². The van der Waals surface area contributed by atoms with E-state index in [1.807, 2.05) is 28.8 Å². The number of likely N-dealkylation sites (tertiary alicyclic amines) is 1. The highest BCUT2D eigenvalue weighted by atomic mass is 32.1. The Kier molecular flexibility index (Phi) is 3.67. The quantitative estimate of drug-likeness (QED) is 0.877.